The van der Waals surface area contributed by atoms with E-state index in [1.165, 1.54) is 15.7 Å². The third-order valence-electron chi connectivity index (χ3n) is 3.55. The zero-order chi connectivity index (χ0) is 16.2. The Morgan fingerprint density at radius 1 is 1.41 bits per heavy atom. The summed E-state index contributed by atoms with van der Waals surface area (Å²) in [5.74, 6) is -0.540. The molecule has 1 aliphatic rings. The minimum Gasteiger partial charge on any atom is -0.378 e. The number of primary amides is 1. The number of amides is 1. The molecule has 1 aromatic carbocycles. The van der Waals surface area contributed by atoms with Crippen LogP contribution in [0.4, 0.5) is 0 Å². The van der Waals surface area contributed by atoms with E-state index in [0.29, 0.717) is 6.61 Å². The standard InChI is InChI=1S/C14H21N3O4S/c1-16(10-12-5-3-2-4-6-12)22(19,20)17-7-8-21-11-13(17)9-14(15)18/h2-6,13H,7-11H2,1H3,(H2,15,18)/t13-/m1/s1. The van der Waals surface area contributed by atoms with Crippen molar-refractivity contribution in [1.82, 2.24) is 8.61 Å². The van der Waals surface area contributed by atoms with Gasteiger partial charge in [0.1, 0.15) is 0 Å². The van der Waals surface area contributed by atoms with Crippen molar-refractivity contribution in [2.75, 3.05) is 26.8 Å². The molecule has 0 radical (unpaired) electrons. The number of ether oxygens (including phenoxy) is 1. The Morgan fingerprint density at radius 2 is 2.09 bits per heavy atom. The Balaban J connectivity index is 2.14. The highest BCUT2D eigenvalue weighted by Crippen LogP contribution is 2.19. The number of benzene rings is 1. The molecule has 2 N–H and O–H groups in total. The molecule has 0 saturated carbocycles. The maximum atomic E-state index is 12.7. The van der Waals surface area contributed by atoms with Crippen LogP contribution in [0.3, 0.4) is 0 Å². The lowest BCUT2D eigenvalue weighted by Gasteiger charge is -2.36. The quantitative estimate of drug-likeness (QED) is 0.792. The highest BCUT2D eigenvalue weighted by Gasteiger charge is 2.36. The van der Waals surface area contributed by atoms with E-state index in [2.05, 4.69) is 0 Å². The van der Waals surface area contributed by atoms with Crippen LogP contribution >= 0.6 is 0 Å². The number of rotatable bonds is 6. The predicted molar refractivity (Wildman–Crippen MR) is 82.0 cm³/mol. The molecule has 2 rings (SSSR count). The summed E-state index contributed by atoms with van der Waals surface area (Å²) in [5.41, 5.74) is 6.10. The Morgan fingerprint density at radius 3 is 2.73 bits per heavy atom. The molecule has 1 fully saturated rings. The first kappa shape index (κ1) is 16.9. The largest absolute Gasteiger partial charge is 0.378 e. The van der Waals surface area contributed by atoms with Gasteiger partial charge in [0.15, 0.2) is 0 Å². The van der Waals surface area contributed by atoms with Crippen molar-refractivity contribution in [3.8, 4) is 0 Å². The van der Waals surface area contributed by atoms with Crippen molar-refractivity contribution in [2.45, 2.75) is 19.0 Å². The van der Waals surface area contributed by atoms with Gasteiger partial charge in [0, 0.05) is 26.6 Å². The van der Waals surface area contributed by atoms with E-state index < -0.39 is 22.2 Å². The second kappa shape index (κ2) is 7.19. The molecular weight excluding hydrogens is 306 g/mol. The first-order chi connectivity index (χ1) is 10.4. The van der Waals surface area contributed by atoms with Crippen LogP contribution in [-0.4, -0.2) is 55.8 Å². The van der Waals surface area contributed by atoms with Crippen molar-refractivity contribution >= 4 is 16.1 Å². The van der Waals surface area contributed by atoms with Gasteiger partial charge in [0.05, 0.1) is 19.3 Å². The van der Waals surface area contributed by atoms with E-state index in [1.807, 2.05) is 30.3 Å². The Kier molecular flexibility index (Phi) is 5.52. The summed E-state index contributed by atoms with van der Waals surface area (Å²) in [4.78, 5) is 11.1. The van der Waals surface area contributed by atoms with Gasteiger partial charge in [-0.3, -0.25) is 4.79 Å². The first-order valence-corrected chi connectivity index (χ1v) is 8.44. The molecule has 1 saturated heterocycles. The van der Waals surface area contributed by atoms with Crippen LogP contribution in [0, 0.1) is 0 Å². The van der Waals surface area contributed by atoms with E-state index >= 15 is 0 Å². The third kappa shape index (κ3) is 4.04. The average molecular weight is 327 g/mol. The molecule has 122 valence electrons. The third-order valence-corrected chi connectivity index (χ3v) is 5.54. The molecule has 0 aromatic heterocycles. The summed E-state index contributed by atoms with van der Waals surface area (Å²) in [6.45, 7) is 0.984. The molecule has 22 heavy (non-hydrogen) atoms. The van der Waals surface area contributed by atoms with Gasteiger partial charge < -0.3 is 10.5 Å². The molecule has 1 amide bonds. The van der Waals surface area contributed by atoms with Crippen molar-refractivity contribution < 1.29 is 17.9 Å². The minimum atomic E-state index is -3.68. The number of nitrogens with zero attached hydrogens (tertiary/aromatic N) is 2. The fourth-order valence-electron chi connectivity index (χ4n) is 2.44. The summed E-state index contributed by atoms with van der Waals surface area (Å²) in [5, 5.41) is 0. The highest BCUT2D eigenvalue weighted by molar-refractivity contribution is 7.86. The van der Waals surface area contributed by atoms with Crippen LogP contribution in [-0.2, 0) is 26.3 Å². The van der Waals surface area contributed by atoms with Gasteiger partial charge in [0.25, 0.3) is 10.2 Å². The van der Waals surface area contributed by atoms with Gasteiger partial charge in [0.2, 0.25) is 5.91 Å². The van der Waals surface area contributed by atoms with Crippen molar-refractivity contribution in [1.29, 1.82) is 0 Å². The second-order valence-corrected chi connectivity index (χ2v) is 7.25. The number of morpholine rings is 1. The van der Waals surface area contributed by atoms with E-state index in [1.54, 1.807) is 0 Å². The molecule has 0 bridgehead atoms. The van der Waals surface area contributed by atoms with Crippen LogP contribution in [0.2, 0.25) is 0 Å². The van der Waals surface area contributed by atoms with Crippen LogP contribution in [0.25, 0.3) is 0 Å². The van der Waals surface area contributed by atoms with E-state index in [9.17, 15) is 13.2 Å². The maximum absolute atomic E-state index is 12.7. The number of hydrogen-bond donors (Lipinski definition) is 1. The molecule has 8 heteroatoms. The molecule has 0 aliphatic carbocycles. The second-order valence-electron chi connectivity index (χ2n) is 5.26. The maximum Gasteiger partial charge on any atom is 0.282 e. The first-order valence-electron chi connectivity index (χ1n) is 7.04. The SMILES string of the molecule is CN(Cc1ccccc1)S(=O)(=O)N1CCOC[C@H]1CC(N)=O. The summed E-state index contributed by atoms with van der Waals surface area (Å²) in [6.07, 6.45) is -0.0432. The molecule has 1 atom stereocenters. The van der Waals surface area contributed by atoms with E-state index in [4.69, 9.17) is 10.5 Å². The summed E-state index contributed by atoms with van der Waals surface area (Å²) >= 11 is 0. The van der Waals surface area contributed by atoms with Gasteiger partial charge >= 0.3 is 0 Å². The van der Waals surface area contributed by atoms with Gasteiger partial charge in [-0.15, -0.1) is 0 Å². The van der Waals surface area contributed by atoms with Crippen LogP contribution in [0.5, 0.6) is 0 Å². The van der Waals surface area contributed by atoms with Crippen LogP contribution in [0.1, 0.15) is 12.0 Å². The van der Waals surface area contributed by atoms with Crippen LogP contribution in [0.15, 0.2) is 30.3 Å². The smallest absolute Gasteiger partial charge is 0.282 e. The molecule has 1 heterocycles. The zero-order valence-corrected chi connectivity index (χ0v) is 13.3. The zero-order valence-electron chi connectivity index (χ0n) is 12.5. The highest BCUT2D eigenvalue weighted by atomic mass is 32.2. The fourth-order valence-corrected chi connectivity index (χ4v) is 3.93. The average Bonchev–Trinajstić information content (AvgIpc) is 2.48. The van der Waals surface area contributed by atoms with Crippen molar-refractivity contribution in [2.24, 2.45) is 5.73 Å². The predicted octanol–water partition coefficient (Wildman–Crippen LogP) is -0.0606. The number of hydrogen-bond acceptors (Lipinski definition) is 4. The van der Waals surface area contributed by atoms with Crippen LogP contribution < -0.4 is 5.73 Å². The topological polar surface area (TPSA) is 92.9 Å². The lowest BCUT2D eigenvalue weighted by molar-refractivity contribution is -0.120. The fraction of sp³-hybridized carbons (Fsp3) is 0.500. The number of nitrogens with two attached hydrogens (primary N) is 1. The number of carbonyl (C=O) groups excluding carboxylic acids is 1. The number of carbonyl (C=O) groups is 1. The normalized spacial score (nSPS) is 20.2. The van der Waals surface area contributed by atoms with Gasteiger partial charge in [-0.25, -0.2) is 0 Å². The Labute approximate surface area is 130 Å². The summed E-state index contributed by atoms with van der Waals surface area (Å²) in [6, 6.07) is 8.79. The summed E-state index contributed by atoms with van der Waals surface area (Å²) < 4.78 is 33.3. The lowest BCUT2D eigenvalue weighted by Crippen LogP contribution is -2.53. The van der Waals surface area contributed by atoms with Gasteiger partial charge in [-0.05, 0) is 5.56 Å². The van der Waals surface area contributed by atoms with Crippen molar-refractivity contribution in [3.05, 3.63) is 35.9 Å². The van der Waals surface area contributed by atoms with Gasteiger partial charge in [-0.2, -0.15) is 17.0 Å². The Bertz CT molecular complexity index is 606. The summed E-state index contributed by atoms with van der Waals surface area (Å²) in [7, 11) is -2.15. The molecule has 0 spiro atoms. The molecule has 1 aromatic rings. The Hall–Kier alpha value is -1.48. The lowest BCUT2D eigenvalue weighted by atomic mass is 10.2. The molecule has 7 nitrogen and oxygen atoms in total. The molecule has 0 unspecified atom stereocenters. The van der Waals surface area contributed by atoms with E-state index in [-0.39, 0.29) is 26.1 Å². The molecule has 1 aliphatic heterocycles. The van der Waals surface area contributed by atoms with Crippen molar-refractivity contribution in [3.63, 3.8) is 0 Å². The van der Waals surface area contributed by atoms with Gasteiger partial charge in [-0.1, -0.05) is 30.3 Å². The molecular formula is C14H21N3O4S. The monoisotopic (exact) mass is 327 g/mol. The van der Waals surface area contributed by atoms with E-state index in [0.717, 1.165) is 5.56 Å². The minimum absolute atomic E-state index is 0.0432.